The second kappa shape index (κ2) is 9.98. The molecule has 0 bridgehead atoms. The summed E-state index contributed by atoms with van der Waals surface area (Å²) in [5.74, 6) is 0.241. The minimum absolute atomic E-state index is 0.241. The molecule has 2 aromatic heterocycles. The molecule has 5 aromatic carbocycles. The number of phenols is 1. The number of nitrogens with zero attached hydrogens (tertiary/aromatic N) is 2. The summed E-state index contributed by atoms with van der Waals surface area (Å²) in [5, 5.41) is 11.3. The van der Waals surface area contributed by atoms with Crippen LogP contribution in [0.2, 0.25) is 0 Å². The van der Waals surface area contributed by atoms with E-state index in [4.69, 9.17) is 9.97 Å². The third-order valence-corrected chi connectivity index (χ3v) is 10.2. The molecule has 3 heterocycles. The summed E-state index contributed by atoms with van der Waals surface area (Å²) >= 11 is 3.42. The van der Waals surface area contributed by atoms with Crippen molar-refractivity contribution in [2.75, 3.05) is 0 Å². The van der Waals surface area contributed by atoms with Crippen molar-refractivity contribution >= 4 is 33.3 Å². The van der Waals surface area contributed by atoms with Crippen LogP contribution >= 0.6 is 23.1 Å². The van der Waals surface area contributed by atoms with Gasteiger partial charge in [0.25, 0.3) is 0 Å². The van der Waals surface area contributed by atoms with Crippen LogP contribution in [0.1, 0.15) is 22.4 Å². The molecular formula is C37H24N2OS2. The van der Waals surface area contributed by atoms with Crippen LogP contribution in [0.3, 0.4) is 0 Å². The summed E-state index contributed by atoms with van der Waals surface area (Å²) in [6.45, 7) is 0. The van der Waals surface area contributed by atoms with Gasteiger partial charge in [-0.1, -0.05) is 96.7 Å². The summed E-state index contributed by atoms with van der Waals surface area (Å²) in [5.41, 5.74) is 7.88. The van der Waals surface area contributed by atoms with Crippen molar-refractivity contribution in [3.63, 3.8) is 0 Å². The van der Waals surface area contributed by atoms with Gasteiger partial charge in [-0.05, 0) is 70.8 Å². The Bertz CT molecular complexity index is 2060. The molecule has 42 heavy (non-hydrogen) atoms. The molecule has 3 nitrogen and oxygen atoms in total. The Morgan fingerprint density at radius 3 is 2.07 bits per heavy atom. The Labute approximate surface area is 252 Å². The Hall–Kier alpha value is -4.71. The van der Waals surface area contributed by atoms with Crippen LogP contribution in [0, 0.1) is 0 Å². The van der Waals surface area contributed by atoms with Gasteiger partial charge in [-0.2, -0.15) is 0 Å². The van der Waals surface area contributed by atoms with Gasteiger partial charge < -0.3 is 5.11 Å². The smallest absolute Gasteiger partial charge is 0.128 e. The highest BCUT2D eigenvalue weighted by Gasteiger charge is 2.45. The molecule has 5 heteroatoms. The molecule has 200 valence electrons. The molecule has 0 fully saturated rings. The van der Waals surface area contributed by atoms with Crippen molar-refractivity contribution in [3.8, 4) is 27.4 Å². The first-order chi connectivity index (χ1) is 20.7. The SMILES string of the molecule is Oc1ccccc1-c1nc2c(-c3cccc(C4(c5ccccn5)c5ccccc5Sc5ccccc54)c3)cccc2s1. The summed E-state index contributed by atoms with van der Waals surface area (Å²) in [4.78, 5) is 12.5. The topological polar surface area (TPSA) is 46.0 Å². The minimum Gasteiger partial charge on any atom is -0.507 e. The van der Waals surface area contributed by atoms with Gasteiger partial charge in [0.2, 0.25) is 0 Å². The lowest BCUT2D eigenvalue weighted by Crippen LogP contribution is -2.35. The predicted molar refractivity (Wildman–Crippen MR) is 172 cm³/mol. The fraction of sp³-hybridized carbons (Fsp3) is 0.0270. The quantitative estimate of drug-likeness (QED) is 0.227. The van der Waals surface area contributed by atoms with Crippen LogP contribution < -0.4 is 0 Å². The summed E-state index contributed by atoms with van der Waals surface area (Å²) in [6, 6.07) is 46.2. The van der Waals surface area contributed by atoms with E-state index in [0.717, 1.165) is 43.2 Å². The van der Waals surface area contributed by atoms with E-state index in [0.29, 0.717) is 0 Å². The van der Waals surface area contributed by atoms with E-state index in [1.54, 1.807) is 17.4 Å². The summed E-state index contributed by atoms with van der Waals surface area (Å²) in [7, 11) is 0. The van der Waals surface area contributed by atoms with Gasteiger partial charge in [0.15, 0.2) is 0 Å². The second-order valence-corrected chi connectivity index (χ2v) is 12.4. The number of phenolic OH excluding ortho intramolecular Hbond substituents is 1. The van der Waals surface area contributed by atoms with Gasteiger partial charge in [0.05, 0.1) is 26.9 Å². The molecular weight excluding hydrogens is 553 g/mol. The number of pyridine rings is 1. The highest BCUT2D eigenvalue weighted by atomic mass is 32.2. The molecule has 0 unspecified atom stereocenters. The van der Waals surface area contributed by atoms with Crippen LogP contribution in [-0.2, 0) is 5.41 Å². The number of thiazole rings is 1. The molecule has 8 rings (SSSR count). The van der Waals surface area contributed by atoms with Crippen molar-refractivity contribution in [2.24, 2.45) is 0 Å². The lowest BCUT2D eigenvalue weighted by atomic mass is 9.66. The maximum Gasteiger partial charge on any atom is 0.128 e. The second-order valence-electron chi connectivity index (χ2n) is 10.3. The molecule has 0 aliphatic carbocycles. The Kier molecular flexibility index (Phi) is 5.95. The number of para-hydroxylation sites is 2. The standard InChI is InChI=1S/C37H24N2OS2/c40-30-17-4-1-13-27(30)36-39-35-26(14-10-20-33(35)42-36)24-11-9-12-25(23-24)37(34-21-7-8-22-38-34)28-15-2-5-18-31(28)41-32-19-6-3-16-29(32)37/h1-23,40H. The van der Waals surface area contributed by atoms with Crippen molar-refractivity contribution in [1.82, 2.24) is 9.97 Å². The predicted octanol–water partition coefficient (Wildman–Crippen LogP) is 9.58. The van der Waals surface area contributed by atoms with Crippen LogP contribution in [0.15, 0.2) is 149 Å². The molecule has 7 aromatic rings. The first kappa shape index (κ1) is 25.0. The van der Waals surface area contributed by atoms with E-state index in [1.165, 1.54) is 20.9 Å². The highest BCUT2D eigenvalue weighted by Crippen LogP contribution is 2.55. The molecule has 1 aliphatic heterocycles. The van der Waals surface area contributed by atoms with E-state index in [9.17, 15) is 5.11 Å². The number of hydrogen-bond acceptors (Lipinski definition) is 5. The largest absolute Gasteiger partial charge is 0.507 e. The lowest BCUT2D eigenvalue weighted by Gasteiger charge is -2.41. The van der Waals surface area contributed by atoms with Crippen molar-refractivity contribution < 1.29 is 5.11 Å². The van der Waals surface area contributed by atoms with Crippen LogP contribution in [-0.4, -0.2) is 15.1 Å². The first-order valence-corrected chi connectivity index (χ1v) is 15.4. The van der Waals surface area contributed by atoms with Crippen molar-refractivity contribution in [3.05, 3.63) is 162 Å². The van der Waals surface area contributed by atoms with E-state index in [2.05, 4.69) is 103 Å². The monoisotopic (exact) mass is 576 g/mol. The van der Waals surface area contributed by atoms with E-state index in [-0.39, 0.29) is 5.75 Å². The zero-order valence-corrected chi connectivity index (χ0v) is 24.1. The van der Waals surface area contributed by atoms with E-state index < -0.39 is 5.41 Å². The molecule has 0 saturated heterocycles. The first-order valence-electron chi connectivity index (χ1n) is 13.8. The molecule has 1 aliphatic rings. The normalized spacial score (nSPS) is 13.4. The minimum atomic E-state index is -0.591. The van der Waals surface area contributed by atoms with Gasteiger partial charge in [0, 0.05) is 21.6 Å². The van der Waals surface area contributed by atoms with E-state index in [1.807, 2.05) is 42.2 Å². The van der Waals surface area contributed by atoms with Crippen LogP contribution in [0.5, 0.6) is 5.75 Å². The van der Waals surface area contributed by atoms with Gasteiger partial charge in [-0.15, -0.1) is 11.3 Å². The zero-order chi connectivity index (χ0) is 28.1. The van der Waals surface area contributed by atoms with Gasteiger partial charge in [-0.25, -0.2) is 4.98 Å². The van der Waals surface area contributed by atoms with Gasteiger partial charge in [-0.3, -0.25) is 4.98 Å². The zero-order valence-electron chi connectivity index (χ0n) is 22.4. The maximum atomic E-state index is 10.5. The lowest BCUT2D eigenvalue weighted by molar-refractivity contribution is 0.477. The average Bonchev–Trinajstić information content (AvgIpc) is 3.49. The van der Waals surface area contributed by atoms with Crippen LogP contribution in [0.25, 0.3) is 31.9 Å². The van der Waals surface area contributed by atoms with Crippen LogP contribution in [0.4, 0.5) is 0 Å². The molecule has 0 radical (unpaired) electrons. The fourth-order valence-corrected chi connectivity index (χ4v) is 8.40. The summed E-state index contributed by atoms with van der Waals surface area (Å²) < 4.78 is 1.08. The number of fused-ring (bicyclic) bond motifs is 3. The average molecular weight is 577 g/mol. The molecule has 0 amide bonds. The Balaban J connectivity index is 1.39. The van der Waals surface area contributed by atoms with E-state index >= 15 is 0 Å². The fourth-order valence-electron chi connectivity index (χ4n) is 6.19. The Morgan fingerprint density at radius 1 is 0.619 bits per heavy atom. The molecule has 0 atom stereocenters. The Morgan fingerprint density at radius 2 is 1.31 bits per heavy atom. The summed E-state index contributed by atoms with van der Waals surface area (Å²) in [6.07, 6.45) is 1.89. The third kappa shape index (κ3) is 3.82. The molecule has 1 N–H and O–H groups in total. The van der Waals surface area contributed by atoms with Crippen molar-refractivity contribution in [1.29, 1.82) is 0 Å². The van der Waals surface area contributed by atoms with Crippen molar-refractivity contribution in [2.45, 2.75) is 15.2 Å². The number of aromatic hydroxyl groups is 1. The highest BCUT2D eigenvalue weighted by molar-refractivity contribution is 7.99. The number of rotatable bonds is 4. The van der Waals surface area contributed by atoms with Gasteiger partial charge in [0.1, 0.15) is 10.8 Å². The number of aromatic nitrogens is 2. The molecule has 0 spiro atoms. The molecule has 0 saturated carbocycles. The number of benzene rings is 5. The number of hydrogen-bond donors (Lipinski definition) is 1. The maximum absolute atomic E-state index is 10.5. The van der Waals surface area contributed by atoms with Gasteiger partial charge >= 0.3 is 0 Å². The third-order valence-electron chi connectivity index (χ3n) is 8.01.